The number of aromatic nitrogens is 4. The molecule has 2 N–H and O–H groups in total. The predicted octanol–water partition coefficient (Wildman–Crippen LogP) is 1.76. The quantitative estimate of drug-likeness (QED) is 0.901. The van der Waals surface area contributed by atoms with Crippen LogP contribution in [0.15, 0.2) is 24.5 Å². The summed E-state index contributed by atoms with van der Waals surface area (Å²) >= 11 is 0. The van der Waals surface area contributed by atoms with E-state index in [4.69, 9.17) is 0 Å². The van der Waals surface area contributed by atoms with E-state index in [1.807, 2.05) is 0 Å². The van der Waals surface area contributed by atoms with Gasteiger partial charge in [-0.2, -0.15) is 0 Å². The second-order valence-electron chi connectivity index (χ2n) is 5.37. The molecule has 0 saturated carbocycles. The lowest BCUT2D eigenvalue weighted by Gasteiger charge is -2.08. The van der Waals surface area contributed by atoms with Crippen LogP contribution in [0.5, 0.6) is 0 Å². The van der Waals surface area contributed by atoms with Gasteiger partial charge in [0.2, 0.25) is 0 Å². The molecule has 2 aromatic heterocycles. The predicted molar refractivity (Wildman–Crippen MR) is 82.5 cm³/mol. The summed E-state index contributed by atoms with van der Waals surface area (Å²) < 4.78 is 2.20. The highest BCUT2D eigenvalue weighted by atomic mass is 16.2. The molecule has 0 aromatic carbocycles. The molecule has 22 heavy (non-hydrogen) atoms. The van der Waals surface area contributed by atoms with Gasteiger partial charge in [0.05, 0.1) is 11.9 Å². The average Bonchev–Trinajstić information content (AvgIpc) is 2.76. The Bertz CT molecular complexity index is 624. The lowest BCUT2D eigenvalue weighted by molar-refractivity contribution is 0.252. The van der Waals surface area contributed by atoms with Crippen molar-refractivity contribution in [3.63, 3.8) is 0 Å². The Morgan fingerprint density at radius 1 is 1.27 bits per heavy atom. The second-order valence-corrected chi connectivity index (χ2v) is 5.37. The van der Waals surface area contributed by atoms with E-state index < -0.39 is 0 Å². The van der Waals surface area contributed by atoms with Crippen LogP contribution < -0.4 is 10.6 Å². The number of aryl methyl sites for hydroxylation is 1. The van der Waals surface area contributed by atoms with E-state index in [1.54, 1.807) is 24.5 Å². The van der Waals surface area contributed by atoms with Crippen LogP contribution in [0.25, 0.3) is 0 Å². The number of nitrogens with zero attached hydrogens (tertiary/aromatic N) is 4. The van der Waals surface area contributed by atoms with Gasteiger partial charge in [0, 0.05) is 32.1 Å². The molecule has 0 radical (unpaired) electrons. The fraction of sp³-hybridized carbons (Fsp3) is 0.467. The normalized spacial score (nSPS) is 14.0. The standard InChI is InChI=1S/C15H20N6O/c22-15(18-12-5-4-8-16-11-12)17-9-7-14-20-19-13-6-2-1-3-10-21(13)14/h4-5,8,11H,1-3,6-7,9-10H2,(H2,17,18,22). The van der Waals surface area contributed by atoms with Crippen molar-refractivity contribution in [2.45, 2.75) is 38.6 Å². The number of carbonyl (C=O) groups excluding carboxylic acids is 1. The summed E-state index contributed by atoms with van der Waals surface area (Å²) in [7, 11) is 0. The summed E-state index contributed by atoms with van der Waals surface area (Å²) in [6.07, 6.45) is 8.57. The van der Waals surface area contributed by atoms with Crippen molar-refractivity contribution in [2.24, 2.45) is 0 Å². The molecule has 1 aliphatic heterocycles. The van der Waals surface area contributed by atoms with Gasteiger partial charge >= 0.3 is 6.03 Å². The molecule has 0 fully saturated rings. The smallest absolute Gasteiger partial charge is 0.319 e. The number of carbonyl (C=O) groups is 1. The third kappa shape index (κ3) is 3.60. The van der Waals surface area contributed by atoms with Crippen LogP contribution >= 0.6 is 0 Å². The highest BCUT2D eigenvalue weighted by Crippen LogP contribution is 2.14. The molecule has 2 aromatic rings. The maximum atomic E-state index is 11.8. The zero-order valence-corrected chi connectivity index (χ0v) is 12.5. The van der Waals surface area contributed by atoms with Crippen LogP contribution in [0.4, 0.5) is 10.5 Å². The Hall–Kier alpha value is -2.44. The number of rotatable bonds is 4. The molecular formula is C15H20N6O. The van der Waals surface area contributed by atoms with Crippen LogP contribution in [-0.2, 0) is 19.4 Å². The van der Waals surface area contributed by atoms with Crippen LogP contribution in [0.1, 0.15) is 30.9 Å². The first-order chi connectivity index (χ1) is 10.8. The lowest BCUT2D eigenvalue weighted by Crippen LogP contribution is -2.31. The molecule has 3 heterocycles. The summed E-state index contributed by atoms with van der Waals surface area (Å²) in [6.45, 7) is 1.52. The minimum absolute atomic E-state index is 0.233. The zero-order chi connectivity index (χ0) is 15.2. The molecule has 2 amide bonds. The number of nitrogens with one attached hydrogen (secondary N) is 2. The van der Waals surface area contributed by atoms with Crippen molar-refractivity contribution in [1.82, 2.24) is 25.1 Å². The Morgan fingerprint density at radius 2 is 2.23 bits per heavy atom. The van der Waals surface area contributed by atoms with Crippen molar-refractivity contribution >= 4 is 11.7 Å². The summed E-state index contributed by atoms with van der Waals surface area (Å²) in [5, 5.41) is 14.1. The Morgan fingerprint density at radius 3 is 3.09 bits per heavy atom. The van der Waals surface area contributed by atoms with Crippen molar-refractivity contribution < 1.29 is 4.79 Å². The highest BCUT2D eigenvalue weighted by Gasteiger charge is 2.14. The molecule has 0 bridgehead atoms. The number of anilines is 1. The van der Waals surface area contributed by atoms with E-state index in [0.29, 0.717) is 18.7 Å². The van der Waals surface area contributed by atoms with Gasteiger partial charge in [-0.3, -0.25) is 4.98 Å². The summed E-state index contributed by atoms with van der Waals surface area (Å²) in [6, 6.07) is 3.34. The fourth-order valence-electron chi connectivity index (χ4n) is 2.63. The van der Waals surface area contributed by atoms with Gasteiger partial charge in [0.15, 0.2) is 0 Å². The van der Waals surface area contributed by atoms with Crippen LogP contribution in [0.2, 0.25) is 0 Å². The van der Waals surface area contributed by atoms with E-state index >= 15 is 0 Å². The average molecular weight is 300 g/mol. The van der Waals surface area contributed by atoms with Gasteiger partial charge in [-0.1, -0.05) is 6.42 Å². The Balaban J connectivity index is 1.49. The molecular weight excluding hydrogens is 280 g/mol. The molecule has 0 spiro atoms. The van der Waals surface area contributed by atoms with Gasteiger partial charge in [0.25, 0.3) is 0 Å². The first-order valence-electron chi connectivity index (χ1n) is 7.69. The van der Waals surface area contributed by atoms with Crippen molar-refractivity contribution in [3.8, 4) is 0 Å². The van der Waals surface area contributed by atoms with E-state index in [9.17, 15) is 4.79 Å². The third-order valence-corrected chi connectivity index (χ3v) is 3.74. The van der Waals surface area contributed by atoms with E-state index in [-0.39, 0.29) is 6.03 Å². The second kappa shape index (κ2) is 7.02. The number of urea groups is 1. The third-order valence-electron chi connectivity index (χ3n) is 3.74. The Labute approximate surface area is 129 Å². The number of amides is 2. The monoisotopic (exact) mass is 300 g/mol. The maximum absolute atomic E-state index is 11.8. The van der Waals surface area contributed by atoms with Crippen LogP contribution in [-0.4, -0.2) is 32.3 Å². The molecule has 1 aliphatic rings. The topological polar surface area (TPSA) is 84.7 Å². The highest BCUT2D eigenvalue weighted by molar-refractivity contribution is 5.88. The first-order valence-corrected chi connectivity index (χ1v) is 7.69. The van der Waals surface area contributed by atoms with Crippen LogP contribution in [0.3, 0.4) is 0 Å². The number of hydrogen-bond acceptors (Lipinski definition) is 4. The van der Waals surface area contributed by atoms with E-state index in [0.717, 1.165) is 24.6 Å². The van der Waals surface area contributed by atoms with Gasteiger partial charge < -0.3 is 15.2 Å². The molecule has 0 aliphatic carbocycles. The van der Waals surface area contributed by atoms with Crippen molar-refractivity contribution in [2.75, 3.05) is 11.9 Å². The van der Waals surface area contributed by atoms with Gasteiger partial charge in [0.1, 0.15) is 11.6 Å². The summed E-state index contributed by atoms with van der Waals surface area (Å²) in [4.78, 5) is 15.7. The molecule has 0 atom stereocenters. The molecule has 3 rings (SSSR count). The van der Waals surface area contributed by atoms with Gasteiger partial charge in [-0.15, -0.1) is 10.2 Å². The summed E-state index contributed by atoms with van der Waals surface area (Å²) in [5.41, 5.74) is 0.677. The molecule has 116 valence electrons. The Kier molecular flexibility index (Phi) is 4.62. The maximum Gasteiger partial charge on any atom is 0.319 e. The number of fused-ring (bicyclic) bond motifs is 1. The molecule has 0 unspecified atom stereocenters. The minimum Gasteiger partial charge on any atom is -0.337 e. The largest absolute Gasteiger partial charge is 0.337 e. The van der Waals surface area contributed by atoms with Gasteiger partial charge in [-0.25, -0.2) is 4.79 Å². The SMILES string of the molecule is O=C(NCCc1nnc2n1CCCCC2)Nc1cccnc1. The van der Waals surface area contributed by atoms with Crippen LogP contribution in [0, 0.1) is 0 Å². The number of pyridine rings is 1. The zero-order valence-electron chi connectivity index (χ0n) is 12.5. The van der Waals surface area contributed by atoms with Gasteiger partial charge in [-0.05, 0) is 25.0 Å². The van der Waals surface area contributed by atoms with Crippen molar-refractivity contribution in [1.29, 1.82) is 0 Å². The van der Waals surface area contributed by atoms with E-state index in [2.05, 4.69) is 30.4 Å². The summed E-state index contributed by atoms with van der Waals surface area (Å²) in [5.74, 6) is 2.03. The lowest BCUT2D eigenvalue weighted by atomic mass is 10.2. The fourth-order valence-corrected chi connectivity index (χ4v) is 2.63. The van der Waals surface area contributed by atoms with Crippen molar-refractivity contribution in [3.05, 3.63) is 36.2 Å². The molecule has 0 saturated heterocycles. The minimum atomic E-state index is -0.233. The molecule has 7 heteroatoms. The molecule has 7 nitrogen and oxygen atoms in total. The first kappa shape index (κ1) is 14.5. The number of hydrogen-bond donors (Lipinski definition) is 2. The van der Waals surface area contributed by atoms with E-state index in [1.165, 1.54) is 19.3 Å².